The first-order chi connectivity index (χ1) is 37.7. The molecular weight excluding hydrogens is 941 g/mol. The highest BCUT2D eigenvalue weighted by atomic mass is 16.4. The Morgan fingerprint density at radius 3 is 0.883 bits per heavy atom. The molecule has 396 valence electrons. The smallest absolute Gasteiger partial charge is 0.336 e. The van der Waals surface area contributed by atoms with E-state index < -0.39 is 11.9 Å². The van der Waals surface area contributed by atoms with Crippen molar-refractivity contribution in [3.05, 3.63) is 166 Å². The van der Waals surface area contributed by atoms with Crippen LogP contribution in [-0.2, 0) is 38.5 Å². The summed E-state index contributed by atoms with van der Waals surface area (Å²) in [5, 5.41) is 34.5. The van der Waals surface area contributed by atoms with E-state index in [4.69, 9.17) is 0 Å². The van der Waals surface area contributed by atoms with Crippen LogP contribution in [0.1, 0.15) is 191 Å². The van der Waals surface area contributed by atoms with Gasteiger partial charge in [-0.3, -0.25) is 0 Å². The average molecular weight is 1020 g/mol. The summed E-state index contributed by atoms with van der Waals surface area (Å²) in [4.78, 5) is 25.3. The van der Waals surface area contributed by atoms with E-state index in [9.17, 15) is 19.8 Å². The number of hydrogen-bond donors (Lipinski definition) is 2. The fourth-order valence-corrected chi connectivity index (χ4v) is 13.0. The van der Waals surface area contributed by atoms with Crippen LogP contribution in [0.5, 0.6) is 0 Å². The van der Waals surface area contributed by atoms with Crippen molar-refractivity contribution in [3.63, 3.8) is 0 Å². The number of aryl methyl sites for hydroxylation is 6. The van der Waals surface area contributed by atoms with E-state index in [0.29, 0.717) is 11.1 Å². The summed E-state index contributed by atoms with van der Waals surface area (Å²) in [6, 6.07) is 45.0. The number of benzene rings is 10. The molecule has 0 aliphatic carbocycles. The molecule has 0 aliphatic rings. The van der Waals surface area contributed by atoms with Gasteiger partial charge in [0.2, 0.25) is 0 Å². The Morgan fingerprint density at radius 1 is 0.299 bits per heavy atom. The van der Waals surface area contributed by atoms with Crippen LogP contribution in [-0.4, -0.2) is 22.2 Å². The van der Waals surface area contributed by atoms with Gasteiger partial charge in [-0.25, -0.2) is 9.59 Å². The van der Waals surface area contributed by atoms with Gasteiger partial charge in [0.05, 0.1) is 11.1 Å². The molecule has 10 aromatic rings. The third-order valence-corrected chi connectivity index (χ3v) is 17.3. The third-order valence-electron chi connectivity index (χ3n) is 17.3. The molecule has 0 atom stereocenters. The quantitative estimate of drug-likeness (QED) is 0.0379. The van der Waals surface area contributed by atoms with E-state index in [1.165, 1.54) is 145 Å². The Bertz CT molecular complexity index is 3410. The normalized spacial score (nSPS) is 12.0. The molecule has 0 fully saturated rings. The molecule has 0 aliphatic heterocycles. The van der Waals surface area contributed by atoms with Crippen molar-refractivity contribution in [2.24, 2.45) is 0 Å². The first-order valence-corrected chi connectivity index (χ1v) is 29.9. The van der Waals surface area contributed by atoms with Gasteiger partial charge in [-0.05, 0) is 222 Å². The molecule has 10 rings (SSSR count). The van der Waals surface area contributed by atoms with E-state index in [1.807, 2.05) is 12.1 Å². The average Bonchev–Trinajstić information content (AvgIpc) is 3.53. The molecule has 4 heteroatoms. The second kappa shape index (κ2) is 24.7. The fourth-order valence-electron chi connectivity index (χ4n) is 13.0. The van der Waals surface area contributed by atoms with E-state index in [0.717, 1.165) is 123 Å². The van der Waals surface area contributed by atoms with Crippen LogP contribution in [0.3, 0.4) is 0 Å². The lowest BCUT2D eigenvalue weighted by atomic mass is 9.83. The zero-order valence-corrected chi connectivity index (χ0v) is 46.5. The zero-order chi connectivity index (χ0) is 53.4. The molecule has 0 spiro atoms. The standard InChI is InChI=1S/C73H80O4/c1-5-9-24-52-44-64(60-40-36-58-54(26-11-7-3)46-66(72(74)75)62-42-38-56(52)68(60)70(58)62)50-32-28-48(29-33-50)22-20-18-16-14-13-15-17-19-21-23-49-30-34-51(35-31-49)65-45-53(25-10-6-2)57-39-43-63-67(73(76)77)47-55(27-12-8-4)59-37-41-61(65)69(57)71(59)63/h28-47H,5-27H2,1-4H3,(H,74,75)(H,76,77). The molecule has 0 bridgehead atoms. The number of rotatable bonds is 28. The van der Waals surface area contributed by atoms with Crippen molar-refractivity contribution in [3.8, 4) is 22.3 Å². The Morgan fingerprint density at radius 2 is 0.571 bits per heavy atom. The van der Waals surface area contributed by atoms with Gasteiger partial charge in [0.15, 0.2) is 0 Å². The predicted molar refractivity (Wildman–Crippen MR) is 328 cm³/mol. The number of hydrogen-bond acceptors (Lipinski definition) is 2. The largest absolute Gasteiger partial charge is 0.478 e. The van der Waals surface area contributed by atoms with Crippen LogP contribution >= 0.6 is 0 Å². The van der Waals surface area contributed by atoms with Crippen molar-refractivity contribution in [1.29, 1.82) is 0 Å². The van der Waals surface area contributed by atoms with Gasteiger partial charge < -0.3 is 10.2 Å². The monoisotopic (exact) mass is 1020 g/mol. The minimum atomic E-state index is -0.850. The van der Waals surface area contributed by atoms with Crippen molar-refractivity contribution in [2.75, 3.05) is 0 Å². The van der Waals surface area contributed by atoms with Gasteiger partial charge in [-0.1, -0.05) is 195 Å². The molecule has 77 heavy (non-hydrogen) atoms. The number of carboxylic acids is 2. The fraction of sp³-hybridized carbons (Fsp3) is 0.370. The highest BCUT2D eigenvalue weighted by molar-refractivity contribution is 6.30. The van der Waals surface area contributed by atoms with Crippen molar-refractivity contribution >= 4 is 76.6 Å². The van der Waals surface area contributed by atoms with Gasteiger partial charge in [0, 0.05) is 0 Å². The number of unbranched alkanes of at least 4 members (excludes halogenated alkanes) is 12. The maximum absolute atomic E-state index is 12.7. The lowest BCUT2D eigenvalue weighted by molar-refractivity contribution is 0.0688. The minimum absolute atomic E-state index is 0.418. The summed E-state index contributed by atoms with van der Waals surface area (Å²) in [7, 11) is 0. The molecule has 0 radical (unpaired) electrons. The van der Waals surface area contributed by atoms with Crippen LogP contribution in [0.25, 0.3) is 86.9 Å². The van der Waals surface area contributed by atoms with Crippen molar-refractivity contribution in [1.82, 2.24) is 0 Å². The Balaban J connectivity index is 0.718. The second-order valence-corrected chi connectivity index (χ2v) is 22.6. The number of carboxylic acid groups (broad SMARTS) is 2. The molecule has 0 aromatic heterocycles. The third kappa shape index (κ3) is 11.2. The van der Waals surface area contributed by atoms with Crippen LogP contribution in [0.2, 0.25) is 0 Å². The number of aromatic carboxylic acids is 2. The Kier molecular flexibility index (Phi) is 17.2. The first-order valence-electron chi connectivity index (χ1n) is 29.9. The predicted octanol–water partition coefficient (Wildman–Crippen LogP) is 20.9. The lowest BCUT2D eigenvalue weighted by Crippen LogP contribution is -2.02. The summed E-state index contributed by atoms with van der Waals surface area (Å²) < 4.78 is 0. The molecule has 0 saturated carbocycles. The highest BCUT2D eigenvalue weighted by Gasteiger charge is 2.23. The molecule has 4 nitrogen and oxygen atoms in total. The summed E-state index contributed by atoms with van der Waals surface area (Å²) >= 11 is 0. The highest BCUT2D eigenvalue weighted by Crippen LogP contribution is 2.46. The Hall–Kier alpha value is -6.78. The summed E-state index contributed by atoms with van der Waals surface area (Å²) in [6.45, 7) is 8.90. The van der Waals surface area contributed by atoms with Gasteiger partial charge in [-0.15, -0.1) is 0 Å². The summed E-state index contributed by atoms with van der Waals surface area (Å²) in [5.74, 6) is -1.70. The molecule has 10 aromatic carbocycles. The van der Waals surface area contributed by atoms with E-state index in [-0.39, 0.29) is 0 Å². The topological polar surface area (TPSA) is 74.6 Å². The van der Waals surface area contributed by atoms with Crippen LogP contribution < -0.4 is 0 Å². The van der Waals surface area contributed by atoms with Crippen LogP contribution in [0.4, 0.5) is 0 Å². The van der Waals surface area contributed by atoms with E-state index in [1.54, 1.807) is 0 Å². The first kappa shape index (κ1) is 53.6. The minimum Gasteiger partial charge on any atom is -0.478 e. The molecule has 0 amide bonds. The van der Waals surface area contributed by atoms with Crippen LogP contribution in [0.15, 0.2) is 121 Å². The van der Waals surface area contributed by atoms with Crippen molar-refractivity contribution in [2.45, 2.75) is 175 Å². The molecular formula is C73H80O4. The maximum Gasteiger partial charge on any atom is 0.336 e. The molecule has 2 N–H and O–H groups in total. The van der Waals surface area contributed by atoms with Gasteiger partial charge in [0.25, 0.3) is 0 Å². The molecule has 0 unspecified atom stereocenters. The molecule has 0 saturated heterocycles. The lowest BCUT2D eigenvalue weighted by Gasteiger charge is -2.20. The zero-order valence-electron chi connectivity index (χ0n) is 46.5. The Labute approximate surface area is 457 Å². The van der Waals surface area contributed by atoms with Crippen LogP contribution in [0, 0.1) is 0 Å². The SMILES string of the molecule is CCCCc1cc(C(=O)O)c2ccc3c(CCCC)cc(-c4ccc(CCCCCCCCCCCc5ccc(-c6cc(CCCC)c7ccc8c(C(=O)O)cc(CCCC)c9ccc6c7c98)cc5)cc4)c4ccc1c2c34. The summed E-state index contributed by atoms with van der Waals surface area (Å²) in [6.07, 6.45) is 26.2. The molecule has 0 heterocycles. The van der Waals surface area contributed by atoms with Crippen molar-refractivity contribution < 1.29 is 19.8 Å². The van der Waals surface area contributed by atoms with Gasteiger partial charge in [0.1, 0.15) is 0 Å². The van der Waals surface area contributed by atoms with Gasteiger partial charge >= 0.3 is 11.9 Å². The van der Waals surface area contributed by atoms with Gasteiger partial charge in [-0.2, -0.15) is 0 Å². The van der Waals surface area contributed by atoms with E-state index in [2.05, 4.69) is 137 Å². The second-order valence-electron chi connectivity index (χ2n) is 22.6. The number of carbonyl (C=O) groups is 2. The summed E-state index contributed by atoms with van der Waals surface area (Å²) in [5.41, 5.74) is 13.6. The van der Waals surface area contributed by atoms with E-state index >= 15 is 0 Å². The maximum atomic E-state index is 12.7.